The molecule has 20 heavy (non-hydrogen) atoms. The first-order valence-electron chi connectivity index (χ1n) is 6.43. The predicted molar refractivity (Wildman–Crippen MR) is 78.1 cm³/mol. The van der Waals surface area contributed by atoms with E-state index in [4.69, 9.17) is 4.74 Å². The lowest BCUT2D eigenvalue weighted by Crippen LogP contribution is -2.30. The quantitative estimate of drug-likeness (QED) is 0.924. The van der Waals surface area contributed by atoms with E-state index in [2.05, 4.69) is 5.32 Å². The number of amides is 1. The van der Waals surface area contributed by atoms with Crippen LogP contribution in [0.1, 0.15) is 16.8 Å². The fourth-order valence-electron chi connectivity index (χ4n) is 2.49. The molecule has 0 aromatic heterocycles. The molecule has 0 aliphatic carbocycles. The van der Waals surface area contributed by atoms with Crippen LogP contribution in [-0.2, 0) is 0 Å². The Kier molecular flexibility index (Phi) is 6.23. The molecule has 1 aromatic carbocycles. The Morgan fingerprint density at radius 1 is 1.55 bits per heavy atom. The minimum Gasteiger partial charge on any atom is -0.496 e. The van der Waals surface area contributed by atoms with Gasteiger partial charge in [-0.2, -0.15) is 0 Å². The van der Waals surface area contributed by atoms with Crippen LogP contribution in [0.2, 0.25) is 0 Å². The average Bonchev–Trinajstić information content (AvgIpc) is 2.87. The van der Waals surface area contributed by atoms with Crippen molar-refractivity contribution < 1.29 is 13.9 Å². The van der Waals surface area contributed by atoms with Crippen molar-refractivity contribution in [2.75, 3.05) is 33.8 Å². The monoisotopic (exact) mass is 302 g/mol. The molecule has 112 valence electrons. The number of hydrogen-bond donors (Lipinski definition) is 1. The van der Waals surface area contributed by atoms with Crippen molar-refractivity contribution in [3.63, 3.8) is 0 Å². The van der Waals surface area contributed by atoms with Gasteiger partial charge >= 0.3 is 0 Å². The first-order valence-corrected chi connectivity index (χ1v) is 6.43. The van der Waals surface area contributed by atoms with Gasteiger partial charge in [-0.25, -0.2) is 4.39 Å². The van der Waals surface area contributed by atoms with E-state index in [1.165, 1.54) is 25.3 Å². The Hall–Kier alpha value is -1.33. The van der Waals surface area contributed by atoms with Gasteiger partial charge in [-0.05, 0) is 44.1 Å². The van der Waals surface area contributed by atoms with Crippen LogP contribution in [-0.4, -0.2) is 44.6 Å². The number of halogens is 2. The molecule has 0 radical (unpaired) electrons. The van der Waals surface area contributed by atoms with Gasteiger partial charge < -0.3 is 15.0 Å². The van der Waals surface area contributed by atoms with Crippen molar-refractivity contribution in [3.8, 4) is 5.75 Å². The number of nitrogens with zero attached hydrogens (tertiary/aromatic N) is 1. The van der Waals surface area contributed by atoms with Gasteiger partial charge in [-0.3, -0.25) is 4.79 Å². The third kappa shape index (κ3) is 3.61. The lowest BCUT2D eigenvalue weighted by Gasteiger charge is -2.18. The van der Waals surface area contributed by atoms with Crippen LogP contribution in [0.4, 0.5) is 4.39 Å². The molecule has 1 atom stereocenters. The molecule has 0 saturated carbocycles. The maximum absolute atomic E-state index is 13.3. The van der Waals surface area contributed by atoms with Gasteiger partial charge in [0, 0.05) is 13.1 Å². The van der Waals surface area contributed by atoms with Crippen LogP contribution in [0.25, 0.3) is 0 Å². The van der Waals surface area contributed by atoms with E-state index in [9.17, 15) is 9.18 Å². The van der Waals surface area contributed by atoms with Gasteiger partial charge in [-0.15, -0.1) is 12.4 Å². The van der Waals surface area contributed by atoms with E-state index in [0.717, 1.165) is 13.0 Å². The highest BCUT2D eigenvalue weighted by Crippen LogP contribution is 2.24. The Balaban J connectivity index is 0.00000200. The zero-order valence-electron chi connectivity index (χ0n) is 11.7. The number of nitrogens with one attached hydrogen (secondary N) is 1. The summed E-state index contributed by atoms with van der Waals surface area (Å²) in [6, 6.07) is 4.03. The molecule has 4 nitrogen and oxygen atoms in total. The van der Waals surface area contributed by atoms with Gasteiger partial charge in [-0.1, -0.05) is 0 Å². The Morgan fingerprint density at radius 3 is 2.95 bits per heavy atom. The summed E-state index contributed by atoms with van der Waals surface area (Å²) < 4.78 is 18.4. The molecule has 1 aliphatic rings. The highest BCUT2D eigenvalue weighted by atomic mass is 35.5. The molecule has 1 saturated heterocycles. The van der Waals surface area contributed by atoms with E-state index in [1.807, 2.05) is 7.05 Å². The molecule has 1 heterocycles. The van der Waals surface area contributed by atoms with Gasteiger partial charge in [0.25, 0.3) is 5.91 Å². The highest BCUT2D eigenvalue weighted by molar-refractivity contribution is 5.97. The highest BCUT2D eigenvalue weighted by Gasteiger charge is 2.28. The van der Waals surface area contributed by atoms with Crippen LogP contribution in [0.5, 0.6) is 5.75 Å². The standard InChI is InChI=1S/C14H19FN2O2.ClH/c1-16-8-10-5-6-17(9-10)14(18)12-7-11(15)3-4-13(12)19-2;/h3-4,7,10,16H,5-6,8-9H2,1-2H3;1H. The minimum absolute atomic E-state index is 0. The Labute approximate surface area is 124 Å². The van der Waals surface area contributed by atoms with Crippen molar-refractivity contribution in [3.05, 3.63) is 29.6 Å². The van der Waals surface area contributed by atoms with E-state index >= 15 is 0 Å². The molecule has 1 aliphatic heterocycles. The number of carbonyl (C=O) groups is 1. The van der Waals surface area contributed by atoms with Crippen LogP contribution >= 0.6 is 12.4 Å². The molecule has 2 rings (SSSR count). The van der Waals surface area contributed by atoms with Gasteiger partial charge in [0.05, 0.1) is 12.7 Å². The van der Waals surface area contributed by atoms with Crippen molar-refractivity contribution in [2.45, 2.75) is 6.42 Å². The number of benzene rings is 1. The third-order valence-electron chi connectivity index (χ3n) is 3.46. The second kappa shape index (κ2) is 7.45. The molecule has 1 amide bonds. The van der Waals surface area contributed by atoms with Crippen LogP contribution in [0.15, 0.2) is 18.2 Å². The summed E-state index contributed by atoms with van der Waals surface area (Å²) in [4.78, 5) is 14.2. The van der Waals surface area contributed by atoms with Crippen molar-refractivity contribution >= 4 is 18.3 Å². The summed E-state index contributed by atoms with van der Waals surface area (Å²) in [5.74, 6) is 0.307. The maximum atomic E-state index is 13.3. The smallest absolute Gasteiger partial charge is 0.257 e. The third-order valence-corrected chi connectivity index (χ3v) is 3.46. The van der Waals surface area contributed by atoms with E-state index in [0.29, 0.717) is 30.3 Å². The largest absolute Gasteiger partial charge is 0.496 e. The number of likely N-dealkylation sites (tertiary alicyclic amines) is 1. The molecule has 0 bridgehead atoms. The van der Waals surface area contributed by atoms with E-state index in [-0.39, 0.29) is 18.3 Å². The summed E-state index contributed by atoms with van der Waals surface area (Å²) in [7, 11) is 3.39. The van der Waals surface area contributed by atoms with E-state index < -0.39 is 5.82 Å². The second-order valence-corrected chi connectivity index (χ2v) is 4.81. The molecule has 0 spiro atoms. The predicted octanol–water partition coefficient (Wildman–Crippen LogP) is 1.94. The van der Waals surface area contributed by atoms with Crippen molar-refractivity contribution in [1.82, 2.24) is 10.2 Å². The normalized spacial score (nSPS) is 17.8. The number of carbonyl (C=O) groups excluding carboxylic acids is 1. The molecule has 6 heteroatoms. The van der Waals surface area contributed by atoms with Crippen LogP contribution in [0.3, 0.4) is 0 Å². The zero-order valence-corrected chi connectivity index (χ0v) is 12.5. The minimum atomic E-state index is -0.421. The van der Waals surface area contributed by atoms with Gasteiger partial charge in [0.1, 0.15) is 11.6 Å². The second-order valence-electron chi connectivity index (χ2n) is 4.81. The summed E-state index contributed by atoms with van der Waals surface area (Å²) in [5.41, 5.74) is 0.299. The average molecular weight is 303 g/mol. The number of rotatable bonds is 4. The SMILES string of the molecule is CNCC1CCN(C(=O)c2cc(F)ccc2OC)C1.Cl. The first-order chi connectivity index (χ1) is 9.15. The van der Waals surface area contributed by atoms with Gasteiger partial charge in [0.2, 0.25) is 0 Å². The topological polar surface area (TPSA) is 41.6 Å². The molecule has 1 fully saturated rings. The fraction of sp³-hybridized carbons (Fsp3) is 0.500. The molecule has 1 aromatic rings. The van der Waals surface area contributed by atoms with Crippen LogP contribution < -0.4 is 10.1 Å². The van der Waals surface area contributed by atoms with Gasteiger partial charge in [0.15, 0.2) is 0 Å². The van der Waals surface area contributed by atoms with Crippen molar-refractivity contribution in [2.24, 2.45) is 5.92 Å². The lowest BCUT2D eigenvalue weighted by molar-refractivity contribution is 0.0783. The fourth-order valence-corrected chi connectivity index (χ4v) is 2.49. The number of methoxy groups -OCH3 is 1. The summed E-state index contributed by atoms with van der Waals surface area (Å²) in [5, 5.41) is 3.12. The molecular formula is C14H20ClFN2O2. The number of ether oxygens (including phenoxy) is 1. The Morgan fingerprint density at radius 2 is 2.30 bits per heavy atom. The summed E-state index contributed by atoms with van der Waals surface area (Å²) in [6.45, 7) is 2.31. The van der Waals surface area contributed by atoms with Crippen LogP contribution in [0, 0.1) is 11.7 Å². The maximum Gasteiger partial charge on any atom is 0.257 e. The Bertz CT molecular complexity index is 470. The first kappa shape index (κ1) is 16.7. The summed E-state index contributed by atoms with van der Waals surface area (Å²) >= 11 is 0. The van der Waals surface area contributed by atoms with Crippen molar-refractivity contribution in [1.29, 1.82) is 0 Å². The molecule has 1 N–H and O–H groups in total. The lowest BCUT2D eigenvalue weighted by atomic mass is 10.1. The molecule has 1 unspecified atom stereocenters. The van der Waals surface area contributed by atoms with E-state index in [1.54, 1.807) is 4.90 Å². The zero-order chi connectivity index (χ0) is 13.8. The summed E-state index contributed by atoms with van der Waals surface area (Å²) in [6.07, 6.45) is 0.976. The molecular weight excluding hydrogens is 283 g/mol. The number of hydrogen-bond acceptors (Lipinski definition) is 3.